The van der Waals surface area contributed by atoms with E-state index in [1.807, 2.05) is 0 Å². The van der Waals surface area contributed by atoms with Gasteiger partial charge in [-0.1, -0.05) is 0 Å². The predicted molar refractivity (Wildman–Crippen MR) is 25.7 cm³/mol. The Labute approximate surface area is 72.1 Å². The van der Waals surface area contributed by atoms with Crippen molar-refractivity contribution < 1.29 is 36.2 Å². The summed E-state index contributed by atoms with van der Waals surface area (Å²) in [6, 6.07) is 0. The maximum absolute atomic E-state index is 11.9. The van der Waals surface area contributed by atoms with Crippen LogP contribution >= 0.6 is 11.6 Å². The fourth-order valence-electron chi connectivity index (χ4n) is 0.306. The quantitative estimate of drug-likeness (QED) is 0.531. The maximum atomic E-state index is 11.9. The second-order valence-corrected chi connectivity index (χ2v) is 2.41. The zero-order chi connectivity index (χ0) is 11.1. The standard InChI is InChI=1S/C4HClF6O2/c5-4(10,11)3(8,9)2(6,7)1(12)13/h(H,12,13)/p-1. The molecule has 0 heterocycles. The molecular formula is C4ClF6O2-. The summed E-state index contributed by atoms with van der Waals surface area (Å²) in [4.78, 5) is 9.38. The smallest absolute Gasteiger partial charge is 0.392 e. The molecule has 0 bridgehead atoms. The van der Waals surface area contributed by atoms with Gasteiger partial charge < -0.3 is 9.90 Å². The number of rotatable bonds is 3. The molecule has 0 saturated carbocycles. The number of carbonyl (C=O) groups excluding carboxylic acids is 1. The zero-order valence-corrected chi connectivity index (χ0v) is 6.22. The molecule has 0 saturated heterocycles. The number of alkyl halides is 7. The zero-order valence-electron chi connectivity index (χ0n) is 5.46. The van der Waals surface area contributed by atoms with Crippen molar-refractivity contribution in [3.8, 4) is 0 Å². The molecule has 0 rings (SSSR count). The highest BCUT2D eigenvalue weighted by Crippen LogP contribution is 2.47. The van der Waals surface area contributed by atoms with Crippen LogP contribution in [0.25, 0.3) is 0 Å². The van der Waals surface area contributed by atoms with Crippen LogP contribution in [-0.2, 0) is 4.79 Å². The van der Waals surface area contributed by atoms with Crippen LogP contribution in [0.1, 0.15) is 0 Å². The molecule has 0 amide bonds. The van der Waals surface area contributed by atoms with E-state index in [4.69, 9.17) is 0 Å². The first-order chi connectivity index (χ1) is 5.44. The number of hydrogen-bond acceptors (Lipinski definition) is 2. The minimum absolute atomic E-state index is 3.60. The van der Waals surface area contributed by atoms with E-state index < -0.39 is 23.2 Å². The van der Waals surface area contributed by atoms with Gasteiger partial charge >= 0.3 is 17.2 Å². The second kappa shape index (κ2) is 2.93. The van der Waals surface area contributed by atoms with E-state index in [-0.39, 0.29) is 0 Å². The van der Waals surface area contributed by atoms with Gasteiger partial charge in [-0.05, 0) is 11.6 Å². The fourth-order valence-corrected chi connectivity index (χ4v) is 0.425. The van der Waals surface area contributed by atoms with E-state index in [1.54, 1.807) is 0 Å². The maximum Gasteiger partial charge on any atom is 0.392 e. The lowest BCUT2D eigenvalue weighted by Gasteiger charge is -2.29. The predicted octanol–water partition coefficient (Wildman–Crippen LogP) is 0.838. The number of hydrogen-bond donors (Lipinski definition) is 0. The third kappa shape index (κ3) is 1.82. The second-order valence-electron chi connectivity index (χ2n) is 1.93. The van der Waals surface area contributed by atoms with Gasteiger partial charge in [-0.25, -0.2) is 0 Å². The number of carboxylic acids is 1. The lowest BCUT2D eigenvalue weighted by molar-refractivity contribution is -0.361. The molecule has 78 valence electrons. The van der Waals surface area contributed by atoms with Crippen LogP contribution in [0.5, 0.6) is 0 Å². The van der Waals surface area contributed by atoms with Gasteiger partial charge in [0.25, 0.3) is 0 Å². The van der Waals surface area contributed by atoms with E-state index in [9.17, 15) is 36.2 Å². The summed E-state index contributed by atoms with van der Waals surface area (Å²) in [6.45, 7) is 0. The van der Waals surface area contributed by atoms with Crippen molar-refractivity contribution in [2.24, 2.45) is 0 Å². The molecule has 0 aromatic carbocycles. The van der Waals surface area contributed by atoms with Crippen molar-refractivity contribution in [1.82, 2.24) is 0 Å². The lowest BCUT2D eigenvalue weighted by Crippen LogP contribution is -2.60. The van der Waals surface area contributed by atoms with Crippen molar-refractivity contribution in [1.29, 1.82) is 0 Å². The molecule has 0 aliphatic carbocycles. The number of aliphatic carboxylic acids is 1. The summed E-state index contributed by atoms with van der Waals surface area (Å²) >= 11 is 3.60. The van der Waals surface area contributed by atoms with Gasteiger partial charge in [0.05, 0.1) is 0 Å². The van der Waals surface area contributed by atoms with Crippen LogP contribution in [-0.4, -0.2) is 23.2 Å². The first kappa shape index (κ1) is 12.3. The average molecular weight is 229 g/mol. The largest absolute Gasteiger partial charge is 0.544 e. The van der Waals surface area contributed by atoms with Crippen LogP contribution in [0.3, 0.4) is 0 Å². The van der Waals surface area contributed by atoms with Crippen molar-refractivity contribution in [3.05, 3.63) is 0 Å². The summed E-state index contributed by atoms with van der Waals surface area (Å²) < 4.78 is 70.7. The van der Waals surface area contributed by atoms with Crippen LogP contribution in [0.15, 0.2) is 0 Å². The van der Waals surface area contributed by atoms with Crippen molar-refractivity contribution >= 4 is 17.6 Å². The lowest BCUT2D eigenvalue weighted by atomic mass is 10.2. The van der Waals surface area contributed by atoms with Gasteiger partial charge in [-0.3, -0.25) is 0 Å². The molecule has 0 aliphatic rings. The minimum atomic E-state index is -6.21. The summed E-state index contributed by atoms with van der Waals surface area (Å²) in [7, 11) is 0. The number of halogens is 7. The van der Waals surface area contributed by atoms with Crippen LogP contribution in [0.4, 0.5) is 26.3 Å². The third-order valence-electron chi connectivity index (χ3n) is 1.01. The van der Waals surface area contributed by atoms with E-state index >= 15 is 0 Å². The Bertz CT molecular complexity index is 221. The Kier molecular flexibility index (Phi) is 2.78. The molecule has 0 aromatic rings. The van der Waals surface area contributed by atoms with E-state index in [1.165, 1.54) is 0 Å². The molecule has 0 radical (unpaired) electrons. The monoisotopic (exact) mass is 229 g/mol. The van der Waals surface area contributed by atoms with Gasteiger partial charge in [-0.15, -0.1) is 0 Å². The number of carbonyl (C=O) groups is 1. The van der Waals surface area contributed by atoms with Crippen LogP contribution < -0.4 is 5.11 Å². The van der Waals surface area contributed by atoms with Crippen LogP contribution in [0.2, 0.25) is 0 Å². The minimum Gasteiger partial charge on any atom is -0.544 e. The highest BCUT2D eigenvalue weighted by molar-refractivity contribution is 6.22. The first-order valence-electron chi connectivity index (χ1n) is 2.48. The summed E-state index contributed by atoms with van der Waals surface area (Å²) in [5.74, 6) is -15.9. The molecule has 0 spiro atoms. The van der Waals surface area contributed by atoms with Gasteiger partial charge in [-0.2, -0.15) is 26.3 Å². The summed E-state index contributed by atoms with van der Waals surface area (Å²) in [5.41, 5.74) is 0. The topological polar surface area (TPSA) is 40.1 Å². The first-order valence-corrected chi connectivity index (χ1v) is 2.86. The van der Waals surface area contributed by atoms with Crippen molar-refractivity contribution in [2.75, 3.05) is 0 Å². The molecule has 13 heavy (non-hydrogen) atoms. The Morgan fingerprint density at radius 3 is 1.46 bits per heavy atom. The SMILES string of the molecule is O=C([O-])C(F)(F)C(F)(F)C(F)(F)Cl. The highest BCUT2D eigenvalue weighted by atomic mass is 35.5. The number of carboxylic acid groups (broad SMARTS) is 1. The van der Waals surface area contributed by atoms with E-state index in [0.717, 1.165) is 0 Å². The fraction of sp³-hybridized carbons (Fsp3) is 0.750. The molecule has 0 unspecified atom stereocenters. The molecule has 0 N–H and O–H groups in total. The van der Waals surface area contributed by atoms with Gasteiger partial charge in [0.2, 0.25) is 0 Å². The van der Waals surface area contributed by atoms with Gasteiger partial charge in [0.1, 0.15) is 5.97 Å². The summed E-state index contributed by atoms with van der Waals surface area (Å²) in [6.07, 6.45) is 0. The van der Waals surface area contributed by atoms with E-state index in [2.05, 4.69) is 11.6 Å². The molecule has 0 aliphatic heterocycles. The molecule has 0 aromatic heterocycles. The Balaban J connectivity index is 5.16. The summed E-state index contributed by atoms with van der Waals surface area (Å²) in [5, 5.41) is 3.71. The van der Waals surface area contributed by atoms with Crippen molar-refractivity contribution in [2.45, 2.75) is 17.2 Å². The van der Waals surface area contributed by atoms with Gasteiger partial charge in [0.15, 0.2) is 0 Å². The van der Waals surface area contributed by atoms with Gasteiger partial charge in [0, 0.05) is 0 Å². The molecular weight excluding hydrogens is 229 g/mol. The Morgan fingerprint density at radius 1 is 1.08 bits per heavy atom. The van der Waals surface area contributed by atoms with E-state index in [0.29, 0.717) is 0 Å². The highest BCUT2D eigenvalue weighted by Gasteiger charge is 2.72. The normalized spacial score (nSPS) is 14.4. The Morgan fingerprint density at radius 2 is 1.38 bits per heavy atom. The molecule has 0 atom stereocenters. The third-order valence-corrected chi connectivity index (χ3v) is 1.24. The Hall–Kier alpha value is -0.660. The molecule has 2 nitrogen and oxygen atoms in total. The molecule has 0 fully saturated rings. The molecule has 9 heteroatoms. The van der Waals surface area contributed by atoms with Crippen molar-refractivity contribution in [3.63, 3.8) is 0 Å². The van der Waals surface area contributed by atoms with Crippen LogP contribution in [0, 0.1) is 0 Å². The average Bonchev–Trinajstić information content (AvgIpc) is 1.84.